The normalized spacial score (nSPS) is 20.9. The third kappa shape index (κ3) is 4.25. The number of carbonyl (C=O) groups is 2. The number of rotatable bonds is 7. The summed E-state index contributed by atoms with van der Waals surface area (Å²) >= 11 is 2.19. The number of hydrogen-bond acceptors (Lipinski definition) is 10. The number of thiazole rings is 1. The molecular weight excluding hydrogens is 406 g/mol. The van der Waals surface area contributed by atoms with E-state index in [4.69, 9.17) is 5.73 Å². The van der Waals surface area contributed by atoms with Crippen LogP contribution < -0.4 is 11.1 Å². The smallest absolute Gasteiger partial charge is 0.363 e. The number of oxime groups is 1. The van der Waals surface area contributed by atoms with Gasteiger partial charge in [-0.2, -0.15) is 12.7 Å². The van der Waals surface area contributed by atoms with Gasteiger partial charge in [-0.1, -0.05) is 19.0 Å². The van der Waals surface area contributed by atoms with Crippen LogP contribution in [0.3, 0.4) is 0 Å². The van der Waals surface area contributed by atoms with E-state index in [2.05, 4.69) is 20.3 Å². The quantitative estimate of drug-likeness (QED) is 0.230. The van der Waals surface area contributed by atoms with Gasteiger partial charge in [-0.25, -0.2) is 4.98 Å². The molecule has 0 spiro atoms. The maximum absolute atomic E-state index is 12.5. The highest BCUT2D eigenvalue weighted by atomic mass is 32.2. The topological polar surface area (TPSA) is 164 Å². The fourth-order valence-corrected chi connectivity index (χ4v) is 4.99. The highest BCUT2D eigenvalue weighted by molar-refractivity contribution is 8.01. The molecule has 4 N–H and O–H groups in total. The average molecular weight is 423 g/mol. The van der Waals surface area contributed by atoms with E-state index >= 15 is 0 Å². The second-order valence-corrected chi connectivity index (χ2v) is 9.21. The van der Waals surface area contributed by atoms with Crippen LogP contribution in [0, 0.1) is 0 Å². The molecular formula is C12H17N5O6S3. The molecule has 1 saturated heterocycles. The van der Waals surface area contributed by atoms with Crippen LogP contribution in [-0.4, -0.2) is 63.6 Å². The Morgan fingerprint density at radius 2 is 2.23 bits per heavy atom. The summed E-state index contributed by atoms with van der Waals surface area (Å²) in [5, 5.41) is 6.64. The van der Waals surface area contributed by atoms with Crippen LogP contribution in [0.25, 0.3) is 0 Å². The Morgan fingerprint density at radius 3 is 2.69 bits per heavy atom. The molecule has 0 radical (unpaired) electrons. The summed E-state index contributed by atoms with van der Waals surface area (Å²) in [5.74, 6) is -1.74. The number of carbonyl (C=O) groups excluding carboxylic acids is 2. The third-order valence-electron chi connectivity index (χ3n) is 3.11. The number of nitrogen functional groups attached to an aromatic ring is 1. The van der Waals surface area contributed by atoms with Crippen molar-refractivity contribution in [1.82, 2.24) is 14.6 Å². The van der Waals surface area contributed by atoms with Gasteiger partial charge in [0.25, 0.3) is 11.8 Å². The van der Waals surface area contributed by atoms with Crippen molar-refractivity contribution in [3.8, 4) is 0 Å². The van der Waals surface area contributed by atoms with Gasteiger partial charge in [0.2, 0.25) is 0 Å². The van der Waals surface area contributed by atoms with E-state index in [-0.39, 0.29) is 21.8 Å². The Hall–Kier alpha value is -1.90. The molecule has 0 aromatic carbocycles. The number of aromatic nitrogens is 1. The summed E-state index contributed by atoms with van der Waals surface area (Å²) in [6.07, 6.45) is 0. The number of thioether (sulfide) groups is 1. The first-order valence-corrected chi connectivity index (χ1v) is 10.4. The predicted octanol–water partition coefficient (Wildman–Crippen LogP) is -0.327. The van der Waals surface area contributed by atoms with Gasteiger partial charge in [-0.05, 0) is 0 Å². The number of β-lactam (4-membered cyclic amide) rings is 1. The molecule has 26 heavy (non-hydrogen) atoms. The summed E-state index contributed by atoms with van der Waals surface area (Å²) in [4.78, 5) is 33.2. The monoisotopic (exact) mass is 423 g/mol. The molecule has 1 aliphatic heterocycles. The van der Waals surface area contributed by atoms with Crippen LogP contribution in [0.4, 0.5) is 5.13 Å². The largest absolute Gasteiger partial charge is 0.398 e. The lowest BCUT2D eigenvalue weighted by Crippen LogP contribution is -2.71. The summed E-state index contributed by atoms with van der Waals surface area (Å²) in [5.41, 5.74) is 5.47. The lowest BCUT2D eigenvalue weighted by Gasteiger charge is -2.44. The number of anilines is 1. The molecule has 0 bridgehead atoms. The van der Waals surface area contributed by atoms with Gasteiger partial charge in [0, 0.05) is 10.6 Å². The van der Waals surface area contributed by atoms with Crippen LogP contribution in [0.2, 0.25) is 0 Å². The van der Waals surface area contributed by atoms with Gasteiger partial charge in [0.1, 0.15) is 24.2 Å². The Balaban J connectivity index is 2.23. The Labute approximate surface area is 157 Å². The van der Waals surface area contributed by atoms with E-state index < -0.39 is 33.5 Å². The SMILES string of the molecule is CON=C(C(=O)N[C@@H]1C(=O)N(S(=O)(=O)O)[C@@H]1SC(C)C)c1csc(N)n1. The zero-order valence-corrected chi connectivity index (χ0v) is 16.4. The molecule has 1 aliphatic rings. The van der Waals surface area contributed by atoms with Crippen molar-refractivity contribution in [2.24, 2.45) is 5.16 Å². The van der Waals surface area contributed by atoms with Crippen molar-refractivity contribution in [2.45, 2.75) is 30.5 Å². The minimum Gasteiger partial charge on any atom is -0.398 e. The number of hydrogen-bond donors (Lipinski definition) is 3. The van der Waals surface area contributed by atoms with Crippen LogP contribution in [-0.2, 0) is 24.7 Å². The fraction of sp³-hybridized carbons (Fsp3) is 0.500. The Bertz CT molecular complexity index is 836. The molecule has 2 atom stereocenters. The fourth-order valence-electron chi connectivity index (χ4n) is 2.13. The van der Waals surface area contributed by atoms with E-state index in [0.717, 1.165) is 23.1 Å². The summed E-state index contributed by atoms with van der Waals surface area (Å²) in [6, 6.07) is -1.16. The average Bonchev–Trinajstić information content (AvgIpc) is 2.94. The minimum absolute atomic E-state index is 0.0674. The lowest BCUT2D eigenvalue weighted by molar-refractivity contribution is -0.140. The Morgan fingerprint density at radius 1 is 1.58 bits per heavy atom. The molecule has 0 unspecified atom stereocenters. The molecule has 2 rings (SSSR count). The van der Waals surface area contributed by atoms with E-state index in [1.54, 1.807) is 13.8 Å². The maximum atomic E-state index is 12.5. The first kappa shape index (κ1) is 20.4. The van der Waals surface area contributed by atoms with Crippen molar-refractivity contribution < 1.29 is 27.4 Å². The van der Waals surface area contributed by atoms with E-state index in [1.165, 1.54) is 12.5 Å². The van der Waals surface area contributed by atoms with Crippen molar-refractivity contribution in [3.63, 3.8) is 0 Å². The van der Waals surface area contributed by atoms with Crippen LogP contribution >= 0.6 is 23.1 Å². The second kappa shape index (κ2) is 7.77. The number of nitrogens with zero attached hydrogens (tertiary/aromatic N) is 3. The van der Waals surface area contributed by atoms with Crippen LogP contribution in [0.1, 0.15) is 19.5 Å². The van der Waals surface area contributed by atoms with E-state index in [1.807, 2.05) is 0 Å². The molecule has 1 aromatic rings. The number of nitrogens with one attached hydrogen (secondary N) is 1. The van der Waals surface area contributed by atoms with Crippen molar-refractivity contribution in [2.75, 3.05) is 12.8 Å². The van der Waals surface area contributed by atoms with Crippen molar-refractivity contribution in [1.29, 1.82) is 0 Å². The molecule has 2 heterocycles. The summed E-state index contributed by atoms with van der Waals surface area (Å²) in [6.45, 7) is 3.56. The molecule has 0 saturated carbocycles. The molecule has 1 aromatic heterocycles. The zero-order valence-electron chi connectivity index (χ0n) is 13.9. The Kier molecular flexibility index (Phi) is 6.10. The predicted molar refractivity (Wildman–Crippen MR) is 96.9 cm³/mol. The summed E-state index contributed by atoms with van der Waals surface area (Å²) in [7, 11) is -3.50. The molecule has 14 heteroatoms. The molecule has 1 fully saturated rings. The van der Waals surface area contributed by atoms with Gasteiger partial charge in [-0.3, -0.25) is 14.1 Å². The first-order chi connectivity index (χ1) is 12.1. The first-order valence-electron chi connectivity index (χ1n) is 7.15. The maximum Gasteiger partial charge on any atom is 0.363 e. The van der Waals surface area contributed by atoms with Gasteiger partial charge >= 0.3 is 10.3 Å². The molecule has 2 amide bonds. The number of nitrogens with two attached hydrogens (primary N) is 1. The highest BCUT2D eigenvalue weighted by Crippen LogP contribution is 2.34. The lowest BCUT2D eigenvalue weighted by atomic mass is 10.1. The van der Waals surface area contributed by atoms with Crippen molar-refractivity contribution in [3.05, 3.63) is 11.1 Å². The standard InChI is InChI=1S/C12H17N5O6S3/c1-5(2)25-11-8(10(19)17(11)26(20,21)22)15-9(18)7(16-23-3)6-4-24-12(13)14-6/h4-5,8,11H,1-3H3,(H2,13,14)(H,15,18)(H,20,21,22)/t8-,11-/m1/s1. The van der Waals surface area contributed by atoms with E-state index in [0.29, 0.717) is 4.31 Å². The van der Waals surface area contributed by atoms with Gasteiger partial charge in [0.05, 0.1) is 0 Å². The second-order valence-electron chi connectivity index (χ2n) is 5.33. The molecule has 144 valence electrons. The van der Waals surface area contributed by atoms with Gasteiger partial charge in [0.15, 0.2) is 10.8 Å². The highest BCUT2D eigenvalue weighted by Gasteiger charge is 2.54. The van der Waals surface area contributed by atoms with Crippen LogP contribution in [0.5, 0.6) is 0 Å². The molecule has 0 aliphatic carbocycles. The van der Waals surface area contributed by atoms with Gasteiger partial charge in [-0.15, -0.1) is 23.1 Å². The minimum atomic E-state index is -4.73. The molecule has 11 nitrogen and oxygen atoms in total. The summed E-state index contributed by atoms with van der Waals surface area (Å²) < 4.78 is 32.3. The third-order valence-corrected chi connectivity index (χ3v) is 6.13. The van der Waals surface area contributed by atoms with E-state index in [9.17, 15) is 22.6 Å². The van der Waals surface area contributed by atoms with Crippen molar-refractivity contribution >= 4 is 56.1 Å². The number of amides is 2. The zero-order chi connectivity index (χ0) is 19.6. The van der Waals surface area contributed by atoms with Crippen LogP contribution in [0.15, 0.2) is 10.5 Å². The van der Waals surface area contributed by atoms with Gasteiger partial charge < -0.3 is 15.9 Å².